The largest absolute Gasteiger partial charge is 0.443 e. The van der Waals surface area contributed by atoms with Crippen LogP contribution in [0.15, 0.2) is 36.5 Å². The van der Waals surface area contributed by atoms with Gasteiger partial charge in [0.15, 0.2) is 0 Å². The number of para-hydroxylation sites is 1. The van der Waals surface area contributed by atoms with Crippen LogP contribution in [0.4, 0.5) is 4.79 Å². The first-order chi connectivity index (χ1) is 10.4. The molecule has 0 bridgehead atoms. The first-order valence-corrected chi connectivity index (χ1v) is 7.53. The Morgan fingerprint density at radius 2 is 1.91 bits per heavy atom. The number of rotatable bonds is 1. The first kappa shape index (κ1) is 14.6. The number of hydrogen-bond donors (Lipinski definition) is 0. The highest BCUT2D eigenvalue weighted by Crippen LogP contribution is 2.31. The fourth-order valence-corrected chi connectivity index (χ4v) is 2.74. The molecule has 0 radical (unpaired) electrons. The third kappa shape index (κ3) is 2.34. The molecule has 0 amide bonds. The highest BCUT2D eigenvalue weighted by atomic mass is 16.6. The third-order valence-corrected chi connectivity index (χ3v) is 3.57. The molecule has 0 saturated heterocycles. The first-order valence-electron chi connectivity index (χ1n) is 7.53. The van der Waals surface area contributed by atoms with Gasteiger partial charge >= 0.3 is 6.09 Å². The number of carbonyl (C=O) groups excluding carboxylic acids is 1. The van der Waals surface area contributed by atoms with Crippen LogP contribution in [0.2, 0.25) is 0 Å². The van der Waals surface area contributed by atoms with Crippen molar-refractivity contribution in [3.8, 4) is 0 Å². The second-order valence-electron chi connectivity index (χ2n) is 6.34. The van der Waals surface area contributed by atoms with Crippen molar-refractivity contribution in [1.82, 2.24) is 9.55 Å². The van der Waals surface area contributed by atoms with Crippen LogP contribution in [0.1, 0.15) is 33.4 Å². The van der Waals surface area contributed by atoms with Crippen molar-refractivity contribution < 1.29 is 9.53 Å². The lowest BCUT2D eigenvalue weighted by Crippen LogP contribution is -2.27. The Kier molecular flexibility index (Phi) is 3.39. The number of pyridine rings is 1. The fraction of sp³-hybridized carbons (Fsp3) is 0.333. The summed E-state index contributed by atoms with van der Waals surface area (Å²) < 4.78 is 7.25. The average molecular weight is 296 g/mol. The summed E-state index contributed by atoms with van der Waals surface area (Å²) in [6.45, 7) is 7.66. The van der Waals surface area contributed by atoms with Gasteiger partial charge in [-0.3, -0.25) is 4.98 Å². The molecule has 1 aromatic carbocycles. The van der Waals surface area contributed by atoms with Crippen molar-refractivity contribution in [3.05, 3.63) is 42.2 Å². The molecule has 0 fully saturated rings. The zero-order valence-corrected chi connectivity index (χ0v) is 13.4. The highest BCUT2D eigenvalue weighted by Gasteiger charge is 2.23. The van der Waals surface area contributed by atoms with E-state index in [1.165, 1.54) is 0 Å². The van der Waals surface area contributed by atoms with Crippen molar-refractivity contribution in [2.24, 2.45) is 0 Å². The van der Waals surface area contributed by atoms with Crippen molar-refractivity contribution in [3.63, 3.8) is 0 Å². The van der Waals surface area contributed by atoms with Crippen LogP contribution in [0.5, 0.6) is 0 Å². The molecule has 22 heavy (non-hydrogen) atoms. The zero-order chi connectivity index (χ0) is 15.9. The van der Waals surface area contributed by atoms with Crippen LogP contribution >= 0.6 is 0 Å². The Labute approximate surface area is 129 Å². The number of hydrogen-bond acceptors (Lipinski definition) is 3. The van der Waals surface area contributed by atoms with Gasteiger partial charge in [0.2, 0.25) is 0 Å². The van der Waals surface area contributed by atoms with E-state index in [1.807, 2.05) is 58.0 Å². The molecule has 3 aromatic rings. The Bertz CT molecular complexity index is 857. The summed E-state index contributed by atoms with van der Waals surface area (Å²) in [6.07, 6.45) is 2.20. The van der Waals surface area contributed by atoms with E-state index in [-0.39, 0.29) is 6.09 Å². The maximum Gasteiger partial charge on any atom is 0.419 e. The van der Waals surface area contributed by atoms with Crippen LogP contribution in [-0.4, -0.2) is 21.2 Å². The molecule has 0 aliphatic carbocycles. The summed E-state index contributed by atoms with van der Waals surface area (Å²) in [5, 5.41) is 2.08. The summed E-state index contributed by atoms with van der Waals surface area (Å²) in [4.78, 5) is 17.2. The summed E-state index contributed by atoms with van der Waals surface area (Å²) in [5.74, 6) is 0. The smallest absolute Gasteiger partial charge is 0.419 e. The lowest BCUT2D eigenvalue weighted by molar-refractivity contribution is 0.0551. The number of nitrogens with zero attached hydrogens (tertiary/aromatic N) is 2. The van der Waals surface area contributed by atoms with Gasteiger partial charge in [-0.2, -0.15) is 0 Å². The van der Waals surface area contributed by atoms with Gasteiger partial charge in [-0.15, -0.1) is 0 Å². The van der Waals surface area contributed by atoms with Crippen molar-refractivity contribution >= 4 is 27.9 Å². The topological polar surface area (TPSA) is 44.1 Å². The van der Waals surface area contributed by atoms with Crippen LogP contribution in [-0.2, 0) is 11.2 Å². The molecule has 0 atom stereocenters. The normalized spacial score (nSPS) is 12.0. The standard InChI is InChI=1S/C18H20N2O2/c1-5-14-16-13(10-11-19-14)12-8-6-7-9-15(12)20(16)17(21)22-18(2,3)4/h6-11H,5H2,1-4H3. The third-order valence-electron chi connectivity index (χ3n) is 3.57. The van der Waals surface area contributed by atoms with Gasteiger partial charge in [0.1, 0.15) is 5.60 Å². The number of carbonyl (C=O) groups is 1. The molecule has 0 aliphatic rings. The van der Waals surface area contributed by atoms with Gasteiger partial charge in [0.05, 0.1) is 16.7 Å². The predicted octanol–water partition coefficient (Wildman–Crippen LogP) is 4.54. The van der Waals surface area contributed by atoms with Gasteiger partial charge in [-0.1, -0.05) is 25.1 Å². The maximum absolute atomic E-state index is 12.7. The van der Waals surface area contributed by atoms with E-state index < -0.39 is 5.60 Å². The molecule has 4 nitrogen and oxygen atoms in total. The number of fused-ring (bicyclic) bond motifs is 3. The van der Waals surface area contributed by atoms with E-state index >= 15 is 0 Å². The van der Waals surface area contributed by atoms with E-state index in [1.54, 1.807) is 10.8 Å². The number of benzene rings is 1. The Hall–Kier alpha value is -2.36. The zero-order valence-electron chi connectivity index (χ0n) is 13.4. The second-order valence-corrected chi connectivity index (χ2v) is 6.34. The number of ether oxygens (including phenoxy) is 1. The summed E-state index contributed by atoms with van der Waals surface area (Å²) in [6, 6.07) is 9.84. The Morgan fingerprint density at radius 1 is 1.18 bits per heavy atom. The molecule has 4 heteroatoms. The molecule has 114 valence electrons. The van der Waals surface area contributed by atoms with Crippen LogP contribution in [0, 0.1) is 0 Å². The molecule has 0 spiro atoms. The van der Waals surface area contributed by atoms with Crippen LogP contribution < -0.4 is 0 Å². The average Bonchev–Trinajstić information content (AvgIpc) is 2.80. The van der Waals surface area contributed by atoms with Gasteiger partial charge in [0, 0.05) is 17.0 Å². The van der Waals surface area contributed by atoms with Crippen LogP contribution in [0.3, 0.4) is 0 Å². The van der Waals surface area contributed by atoms with Gasteiger partial charge in [-0.05, 0) is 39.3 Å². The van der Waals surface area contributed by atoms with Crippen LogP contribution in [0.25, 0.3) is 21.8 Å². The van der Waals surface area contributed by atoms with E-state index in [9.17, 15) is 4.79 Å². The molecule has 3 rings (SSSR count). The van der Waals surface area contributed by atoms with E-state index in [2.05, 4.69) is 4.98 Å². The molecule has 2 aromatic heterocycles. The predicted molar refractivity (Wildman–Crippen MR) is 88.2 cm³/mol. The lowest BCUT2D eigenvalue weighted by Gasteiger charge is -2.20. The SMILES string of the molecule is CCc1nccc2c3ccccc3n(C(=O)OC(C)(C)C)c12. The van der Waals surface area contributed by atoms with E-state index in [4.69, 9.17) is 4.74 Å². The Morgan fingerprint density at radius 3 is 2.59 bits per heavy atom. The van der Waals surface area contributed by atoms with E-state index in [0.29, 0.717) is 0 Å². The lowest BCUT2D eigenvalue weighted by atomic mass is 10.1. The molecular formula is C18H20N2O2. The van der Waals surface area contributed by atoms with Crippen molar-refractivity contribution in [2.45, 2.75) is 39.7 Å². The number of aromatic nitrogens is 2. The number of aryl methyl sites for hydroxylation is 1. The molecule has 0 aliphatic heterocycles. The second kappa shape index (κ2) is 5.13. The molecule has 0 saturated carbocycles. The molecule has 0 unspecified atom stereocenters. The summed E-state index contributed by atoms with van der Waals surface area (Å²) >= 11 is 0. The molecular weight excluding hydrogens is 276 g/mol. The minimum Gasteiger partial charge on any atom is -0.443 e. The monoisotopic (exact) mass is 296 g/mol. The quantitative estimate of drug-likeness (QED) is 0.662. The van der Waals surface area contributed by atoms with Crippen molar-refractivity contribution in [2.75, 3.05) is 0 Å². The van der Waals surface area contributed by atoms with Crippen molar-refractivity contribution in [1.29, 1.82) is 0 Å². The Balaban J connectivity index is 2.36. The minimum absolute atomic E-state index is 0.360. The highest BCUT2D eigenvalue weighted by molar-refractivity contribution is 6.13. The van der Waals surface area contributed by atoms with Gasteiger partial charge < -0.3 is 4.74 Å². The maximum atomic E-state index is 12.7. The minimum atomic E-state index is -0.538. The molecule has 2 heterocycles. The van der Waals surface area contributed by atoms with E-state index in [0.717, 1.165) is 33.9 Å². The summed E-state index contributed by atoms with van der Waals surface area (Å²) in [5.41, 5.74) is 2.07. The molecule has 0 N–H and O–H groups in total. The van der Waals surface area contributed by atoms with Gasteiger partial charge in [0.25, 0.3) is 0 Å². The van der Waals surface area contributed by atoms with Gasteiger partial charge in [-0.25, -0.2) is 9.36 Å². The fourth-order valence-electron chi connectivity index (χ4n) is 2.74. The summed E-state index contributed by atoms with van der Waals surface area (Å²) in [7, 11) is 0.